The quantitative estimate of drug-likeness (QED) is 0.554. The molecule has 3 aromatic carbocycles. The van der Waals surface area contributed by atoms with Gasteiger partial charge in [-0.25, -0.2) is 0 Å². The summed E-state index contributed by atoms with van der Waals surface area (Å²) in [6, 6.07) is 23.2. The molecular weight excluding hydrogens is 296 g/mol. The molecular formula is C20H18N4. The average molecular weight is 314 g/mol. The highest BCUT2D eigenvalue weighted by Gasteiger charge is 2.04. The van der Waals surface area contributed by atoms with Crippen molar-refractivity contribution in [1.82, 2.24) is 0 Å². The van der Waals surface area contributed by atoms with Gasteiger partial charge in [-0.3, -0.25) is 9.98 Å². The molecule has 3 rings (SSSR count). The van der Waals surface area contributed by atoms with Gasteiger partial charge >= 0.3 is 0 Å². The van der Waals surface area contributed by atoms with Gasteiger partial charge < -0.3 is 11.5 Å². The second kappa shape index (κ2) is 7.24. The summed E-state index contributed by atoms with van der Waals surface area (Å²) in [5.74, 6) is 0. The van der Waals surface area contributed by atoms with Crippen LogP contribution in [-0.2, 0) is 0 Å². The maximum atomic E-state index is 6.02. The Labute approximate surface area is 141 Å². The van der Waals surface area contributed by atoms with Crippen LogP contribution in [0.3, 0.4) is 0 Å². The molecule has 118 valence electrons. The number of rotatable bonds is 4. The second-order valence-corrected chi connectivity index (χ2v) is 5.31. The number of aliphatic imine (C=N–C) groups is 2. The summed E-state index contributed by atoms with van der Waals surface area (Å²) in [6.07, 6.45) is 3.54. The van der Waals surface area contributed by atoms with E-state index in [1.807, 2.05) is 60.7 Å². The zero-order valence-electron chi connectivity index (χ0n) is 13.1. The van der Waals surface area contributed by atoms with Crippen LogP contribution in [0.25, 0.3) is 0 Å². The largest absolute Gasteiger partial charge is 0.397 e. The Morgan fingerprint density at radius 2 is 1.00 bits per heavy atom. The Balaban J connectivity index is 1.89. The van der Waals surface area contributed by atoms with Crippen molar-refractivity contribution in [1.29, 1.82) is 0 Å². The predicted molar refractivity (Wildman–Crippen MR) is 103 cm³/mol. The lowest BCUT2D eigenvalue weighted by Gasteiger charge is -2.05. The molecule has 4 N–H and O–H groups in total. The fourth-order valence-electron chi connectivity index (χ4n) is 2.20. The summed E-state index contributed by atoms with van der Waals surface area (Å²) >= 11 is 0. The minimum Gasteiger partial charge on any atom is -0.397 e. The highest BCUT2D eigenvalue weighted by molar-refractivity contribution is 5.88. The standard InChI is InChI=1S/C20H18N4/c21-17-11-18(22)20(24-14-16-9-5-2-6-10-16)12-19(17)23-13-15-7-3-1-4-8-15/h1-14H,21-22H2/b23-13+,24-14+. The first-order valence-electron chi connectivity index (χ1n) is 7.59. The van der Waals surface area contributed by atoms with Crippen LogP contribution in [0.5, 0.6) is 0 Å². The number of nitrogens with two attached hydrogens (primary N) is 2. The Kier molecular flexibility index (Phi) is 4.68. The number of nitrogens with zero attached hydrogens (tertiary/aromatic N) is 2. The summed E-state index contributed by atoms with van der Waals surface area (Å²) in [5.41, 5.74) is 16.4. The molecule has 0 saturated carbocycles. The van der Waals surface area contributed by atoms with E-state index in [9.17, 15) is 0 Å². The molecule has 0 atom stereocenters. The summed E-state index contributed by atoms with van der Waals surface area (Å²) < 4.78 is 0. The van der Waals surface area contributed by atoms with E-state index in [0.29, 0.717) is 22.7 Å². The van der Waals surface area contributed by atoms with E-state index in [4.69, 9.17) is 11.5 Å². The van der Waals surface area contributed by atoms with E-state index in [1.54, 1.807) is 24.6 Å². The van der Waals surface area contributed by atoms with Crippen LogP contribution in [0.4, 0.5) is 22.7 Å². The minimum atomic E-state index is 0.526. The van der Waals surface area contributed by atoms with Gasteiger partial charge in [-0.05, 0) is 23.3 Å². The van der Waals surface area contributed by atoms with Gasteiger partial charge in [-0.2, -0.15) is 0 Å². The molecule has 4 nitrogen and oxygen atoms in total. The molecule has 0 amide bonds. The Morgan fingerprint density at radius 3 is 1.42 bits per heavy atom. The first-order chi connectivity index (χ1) is 11.7. The van der Waals surface area contributed by atoms with Gasteiger partial charge in [0, 0.05) is 12.4 Å². The first-order valence-corrected chi connectivity index (χ1v) is 7.59. The summed E-state index contributed by atoms with van der Waals surface area (Å²) in [5, 5.41) is 0. The smallest absolute Gasteiger partial charge is 0.0882 e. The van der Waals surface area contributed by atoms with E-state index in [0.717, 1.165) is 11.1 Å². The minimum absolute atomic E-state index is 0.526. The third-order valence-electron chi connectivity index (χ3n) is 3.48. The van der Waals surface area contributed by atoms with Crippen LogP contribution in [0, 0.1) is 0 Å². The van der Waals surface area contributed by atoms with Gasteiger partial charge in [0.15, 0.2) is 0 Å². The van der Waals surface area contributed by atoms with Crippen LogP contribution in [0.2, 0.25) is 0 Å². The Morgan fingerprint density at radius 1 is 0.583 bits per heavy atom. The Bertz CT molecular complexity index is 798. The molecule has 4 heteroatoms. The molecule has 3 aromatic rings. The predicted octanol–water partition coefficient (Wildman–Crippen LogP) is 4.35. The number of hydrogen-bond donors (Lipinski definition) is 2. The lowest BCUT2D eigenvalue weighted by Crippen LogP contribution is -1.92. The third kappa shape index (κ3) is 3.87. The molecule has 0 aliphatic carbocycles. The Hall–Kier alpha value is -3.40. The molecule has 0 aromatic heterocycles. The fraction of sp³-hybridized carbons (Fsp3) is 0. The highest BCUT2D eigenvalue weighted by atomic mass is 14.8. The maximum Gasteiger partial charge on any atom is 0.0882 e. The van der Waals surface area contributed by atoms with Crippen molar-refractivity contribution in [2.75, 3.05) is 11.5 Å². The summed E-state index contributed by atoms with van der Waals surface area (Å²) in [6.45, 7) is 0. The van der Waals surface area contributed by atoms with Gasteiger partial charge in [0.05, 0.1) is 22.7 Å². The molecule has 0 aliphatic heterocycles. The summed E-state index contributed by atoms with van der Waals surface area (Å²) in [7, 11) is 0. The van der Waals surface area contributed by atoms with Crippen molar-refractivity contribution in [3.63, 3.8) is 0 Å². The van der Waals surface area contributed by atoms with Gasteiger partial charge in [0.1, 0.15) is 0 Å². The third-order valence-corrected chi connectivity index (χ3v) is 3.48. The SMILES string of the molecule is Nc1cc(N)c(/N=C/c2ccccc2)cc1/N=C/c1ccccc1. The number of nitrogen functional groups attached to an aromatic ring is 2. The normalized spacial score (nSPS) is 11.3. The van der Waals surface area contributed by atoms with Gasteiger partial charge in [-0.1, -0.05) is 60.7 Å². The molecule has 0 spiro atoms. The van der Waals surface area contributed by atoms with Crippen molar-refractivity contribution >= 4 is 35.2 Å². The monoisotopic (exact) mass is 314 g/mol. The second-order valence-electron chi connectivity index (χ2n) is 5.31. The molecule has 0 fully saturated rings. The number of hydrogen-bond acceptors (Lipinski definition) is 4. The van der Waals surface area contributed by atoms with Gasteiger partial charge in [0.2, 0.25) is 0 Å². The van der Waals surface area contributed by atoms with E-state index in [1.165, 1.54) is 0 Å². The summed E-state index contributed by atoms with van der Waals surface area (Å²) in [4.78, 5) is 8.91. The highest BCUT2D eigenvalue weighted by Crippen LogP contribution is 2.33. The van der Waals surface area contributed by atoms with Crippen molar-refractivity contribution in [3.05, 3.63) is 83.9 Å². The molecule has 0 heterocycles. The lowest BCUT2D eigenvalue weighted by molar-refractivity contribution is 1.47. The van der Waals surface area contributed by atoms with E-state index in [2.05, 4.69) is 9.98 Å². The molecule has 0 bridgehead atoms. The van der Waals surface area contributed by atoms with Crippen LogP contribution in [0.15, 0.2) is 82.8 Å². The zero-order valence-corrected chi connectivity index (χ0v) is 13.1. The van der Waals surface area contributed by atoms with Crippen molar-refractivity contribution < 1.29 is 0 Å². The fourth-order valence-corrected chi connectivity index (χ4v) is 2.20. The zero-order chi connectivity index (χ0) is 16.8. The number of anilines is 2. The lowest BCUT2D eigenvalue weighted by atomic mass is 10.2. The molecule has 0 saturated heterocycles. The topological polar surface area (TPSA) is 76.8 Å². The van der Waals surface area contributed by atoms with Crippen LogP contribution in [-0.4, -0.2) is 12.4 Å². The molecule has 0 aliphatic rings. The molecule has 0 radical (unpaired) electrons. The van der Waals surface area contributed by atoms with E-state index < -0.39 is 0 Å². The average Bonchev–Trinajstić information content (AvgIpc) is 2.62. The van der Waals surface area contributed by atoms with Crippen LogP contribution >= 0.6 is 0 Å². The number of benzene rings is 3. The van der Waals surface area contributed by atoms with E-state index in [-0.39, 0.29) is 0 Å². The van der Waals surface area contributed by atoms with Crippen LogP contribution in [0.1, 0.15) is 11.1 Å². The van der Waals surface area contributed by atoms with Crippen LogP contribution < -0.4 is 11.5 Å². The maximum absolute atomic E-state index is 6.02. The molecule has 24 heavy (non-hydrogen) atoms. The van der Waals surface area contributed by atoms with Gasteiger partial charge in [0.25, 0.3) is 0 Å². The van der Waals surface area contributed by atoms with Crippen molar-refractivity contribution in [2.45, 2.75) is 0 Å². The van der Waals surface area contributed by atoms with Gasteiger partial charge in [-0.15, -0.1) is 0 Å². The first kappa shape index (κ1) is 15.5. The van der Waals surface area contributed by atoms with E-state index >= 15 is 0 Å². The molecule has 0 unspecified atom stereocenters. The van der Waals surface area contributed by atoms with Crippen molar-refractivity contribution in [3.8, 4) is 0 Å². The van der Waals surface area contributed by atoms with Crippen molar-refractivity contribution in [2.24, 2.45) is 9.98 Å².